The SMILES string of the molecule is N=C(N)NCCC[C@H](NCc1ccc(O)cc1)C(=O)NC(=O)C(O)(c1ccccc1)c1ccccc1. The minimum absolute atomic E-state index is 0.134. The molecule has 0 radical (unpaired) electrons. The Balaban J connectivity index is 1.78. The lowest BCUT2D eigenvalue weighted by Crippen LogP contribution is -2.53. The first kappa shape index (κ1) is 26.4. The molecule has 0 fully saturated rings. The molecule has 1 atom stereocenters. The van der Waals surface area contributed by atoms with E-state index < -0.39 is 23.5 Å². The Morgan fingerprint density at radius 1 is 0.917 bits per heavy atom. The first-order chi connectivity index (χ1) is 17.3. The van der Waals surface area contributed by atoms with E-state index in [9.17, 15) is 19.8 Å². The van der Waals surface area contributed by atoms with Crippen LogP contribution in [-0.4, -0.2) is 40.6 Å². The maximum Gasteiger partial charge on any atom is 0.267 e. The van der Waals surface area contributed by atoms with Crippen molar-refractivity contribution < 1.29 is 19.8 Å². The molecule has 188 valence electrons. The van der Waals surface area contributed by atoms with Gasteiger partial charge in [-0.05, 0) is 41.7 Å². The maximum atomic E-state index is 13.4. The largest absolute Gasteiger partial charge is 0.508 e. The predicted molar refractivity (Wildman–Crippen MR) is 137 cm³/mol. The second-order valence-electron chi connectivity index (χ2n) is 8.34. The van der Waals surface area contributed by atoms with Gasteiger partial charge in [0.05, 0.1) is 6.04 Å². The van der Waals surface area contributed by atoms with Gasteiger partial charge in [-0.2, -0.15) is 0 Å². The number of carbonyl (C=O) groups excluding carboxylic acids is 2. The van der Waals surface area contributed by atoms with Crippen LogP contribution in [0, 0.1) is 5.41 Å². The third kappa shape index (κ3) is 6.91. The summed E-state index contributed by atoms with van der Waals surface area (Å²) < 4.78 is 0. The van der Waals surface area contributed by atoms with Gasteiger partial charge in [0, 0.05) is 13.1 Å². The number of nitrogens with two attached hydrogens (primary N) is 1. The highest BCUT2D eigenvalue weighted by Crippen LogP contribution is 2.30. The number of hydrogen-bond acceptors (Lipinski definition) is 6. The molecule has 0 aliphatic rings. The Bertz CT molecular complexity index is 1110. The topological polar surface area (TPSA) is 161 Å². The van der Waals surface area contributed by atoms with Gasteiger partial charge in [-0.3, -0.25) is 20.3 Å². The number of carbonyl (C=O) groups is 2. The first-order valence-corrected chi connectivity index (χ1v) is 11.6. The molecule has 3 aromatic carbocycles. The van der Waals surface area contributed by atoms with E-state index in [0.717, 1.165) is 5.56 Å². The van der Waals surface area contributed by atoms with Crippen molar-refractivity contribution in [1.82, 2.24) is 16.0 Å². The predicted octanol–water partition coefficient (Wildman–Crippen LogP) is 1.69. The van der Waals surface area contributed by atoms with Gasteiger partial charge in [-0.25, -0.2) is 0 Å². The number of aliphatic hydroxyl groups is 1. The number of phenols is 1. The van der Waals surface area contributed by atoms with Crippen LogP contribution in [0.15, 0.2) is 84.9 Å². The van der Waals surface area contributed by atoms with Crippen LogP contribution in [0.3, 0.4) is 0 Å². The van der Waals surface area contributed by atoms with Crippen LogP contribution in [0.25, 0.3) is 0 Å². The number of nitrogens with one attached hydrogen (secondary N) is 4. The molecular weight excluding hydrogens is 458 g/mol. The Morgan fingerprint density at radius 3 is 2.00 bits per heavy atom. The molecule has 3 aromatic rings. The van der Waals surface area contributed by atoms with E-state index in [1.165, 1.54) is 0 Å². The summed E-state index contributed by atoms with van der Waals surface area (Å²) in [7, 11) is 0. The van der Waals surface area contributed by atoms with Gasteiger partial charge in [0.2, 0.25) is 5.91 Å². The van der Waals surface area contributed by atoms with Crippen molar-refractivity contribution in [2.75, 3.05) is 6.54 Å². The molecule has 0 saturated carbocycles. The third-order valence-electron chi connectivity index (χ3n) is 5.74. The average Bonchev–Trinajstić information content (AvgIpc) is 2.89. The number of rotatable bonds is 11. The molecule has 3 rings (SSSR count). The summed E-state index contributed by atoms with van der Waals surface area (Å²) in [6.07, 6.45) is 0.836. The van der Waals surface area contributed by atoms with Gasteiger partial charge in [-0.15, -0.1) is 0 Å². The van der Waals surface area contributed by atoms with Crippen LogP contribution in [0.5, 0.6) is 5.75 Å². The summed E-state index contributed by atoms with van der Waals surface area (Å²) in [5.41, 5.74) is 4.76. The van der Waals surface area contributed by atoms with E-state index in [2.05, 4.69) is 16.0 Å². The van der Waals surface area contributed by atoms with E-state index >= 15 is 0 Å². The number of phenolic OH excluding ortho intramolecular Hbond substituents is 1. The quantitative estimate of drug-likeness (QED) is 0.123. The second-order valence-corrected chi connectivity index (χ2v) is 8.34. The summed E-state index contributed by atoms with van der Waals surface area (Å²) in [5, 5.41) is 36.6. The molecule has 0 aromatic heterocycles. The number of guanidine groups is 1. The maximum absolute atomic E-state index is 13.4. The molecule has 0 aliphatic carbocycles. The number of imide groups is 1. The molecular formula is C27H31N5O4. The fourth-order valence-electron chi connectivity index (χ4n) is 3.79. The molecule has 9 heteroatoms. The fourth-order valence-corrected chi connectivity index (χ4v) is 3.79. The van der Waals surface area contributed by atoms with Gasteiger partial charge in [0.15, 0.2) is 11.6 Å². The molecule has 0 saturated heterocycles. The molecule has 0 bridgehead atoms. The van der Waals surface area contributed by atoms with Gasteiger partial charge in [0.1, 0.15) is 5.75 Å². The number of hydrogen-bond donors (Lipinski definition) is 7. The van der Waals surface area contributed by atoms with Crippen LogP contribution in [0.1, 0.15) is 29.5 Å². The third-order valence-corrected chi connectivity index (χ3v) is 5.74. The van der Waals surface area contributed by atoms with Crippen LogP contribution in [0.2, 0.25) is 0 Å². The van der Waals surface area contributed by atoms with Crippen molar-refractivity contribution in [2.24, 2.45) is 5.73 Å². The Morgan fingerprint density at radius 2 is 1.47 bits per heavy atom. The van der Waals surface area contributed by atoms with Crippen molar-refractivity contribution in [3.05, 3.63) is 102 Å². The van der Waals surface area contributed by atoms with E-state index in [4.69, 9.17) is 11.1 Å². The van der Waals surface area contributed by atoms with Gasteiger partial charge < -0.3 is 26.6 Å². The minimum atomic E-state index is -2.07. The zero-order chi connectivity index (χ0) is 26.0. The molecule has 2 amide bonds. The fraction of sp³-hybridized carbons (Fsp3) is 0.222. The Labute approximate surface area is 209 Å². The van der Waals surface area contributed by atoms with Gasteiger partial charge in [0.25, 0.3) is 5.91 Å². The lowest BCUT2D eigenvalue weighted by molar-refractivity contribution is -0.142. The molecule has 0 unspecified atom stereocenters. The number of amides is 2. The molecule has 36 heavy (non-hydrogen) atoms. The lowest BCUT2D eigenvalue weighted by Gasteiger charge is -2.28. The van der Waals surface area contributed by atoms with Crippen molar-refractivity contribution in [1.29, 1.82) is 5.41 Å². The van der Waals surface area contributed by atoms with Gasteiger partial charge >= 0.3 is 0 Å². The van der Waals surface area contributed by atoms with Crippen molar-refractivity contribution in [3.8, 4) is 5.75 Å². The summed E-state index contributed by atoms with van der Waals surface area (Å²) in [4.78, 5) is 26.7. The van der Waals surface area contributed by atoms with Crippen molar-refractivity contribution >= 4 is 17.8 Å². The van der Waals surface area contributed by atoms with Crippen LogP contribution in [-0.2, 0) is 21.7 Å². The van der Waals surface area contributed by atoms with E-state index in [-0.39, 0.29) is 11.7 Å². The first-order valence-electron chi connectivity index (χ1n) is 11.6. The summed E-state index contributed by atoms with van der Waals surface area (Å²) in [6, 6.07) is 22.7. The van der Waals surface area contributed by atoms with Gasteiger partial charge in [-0.1, -0.05) is 72.8 Å². The summed E-state index contributed by atoms with van der Waals surface area (Å²) in [5.74, 6) is -1.48. The molecule has 0 aliphatic heterocycles. The average molecular weight is 490 g/mol. The van der Waals surface area contributed by atoms with E-state index in [0.29, 0.717) is 37.1 Å². The van der Waals surface area contributed by atoms with E-state index in [1.807, 2.05) is 0 Å². The smallest absolute Gasteiger partial charge is 0.267 e. The minimum Gasteiger partial charge on any atom is -0.508 e. The Hall–Kier alpha value is -4.21. The van der Waals surface area contributed by atoms with Crippen molar-refractivity contribution in [2.45, 2.75) is 31.0 Å². The highest BCUT2D eigenvalue weighted by molar-refractivity contribution is 6.03. The summed E-state index contributed by atoms with van der Waals surface area (Å²) in [6.45, 7) is 0.695. The molecule has 0 spiro atoms. The molecule has 9 nitrogen and oxygen atoms in total. The standard InChI is InChI=1S/C27H31N5O4/c28-26(29)30-17-7-12-23(31-18-19-13-15-22(33)16-14-19)24(34)32-25(35)27(36,20-8-3-1-4-9-20)21-10-5-2-6-11-21/h1-6,8-11,13-16,23,31,33,36H,7,12,17-18H2,(H4,28,29,30)(H,32,34,35)/t23-/m0/s1. The molecule has 8 N–H and O–H groups in total. The van der Waals surface area contributed by atoms with Crippen LogP contribution in [0.4, 0.5) is 0 Å². The highest BCUT2D eigenvalue weighted by Gasteiger charge is 2.41. The molecule has 0 heterocycles. The second kappa shape index (κ2) is 12.5. The highest BCUT2D eigenvalue weighted by atomic mass is 16.3. The zero-order valence-electron chi connectivity index (χ0n) is 19.8. The number of aromatic hydroxyl groups is 1. The van der Waals surface area contributed by atoms with E-state index in [1.54, 1.807) is 84.9 Å². The summed E-state index contributed by atoms with van der Waals surface area (Å²) >= 11 is 0. The monoisotopic (exact) mass is 489 g/mol. The van der Waals surface area contributed by atoms with Crippen LogP contribution >= 0.6 is 0 Å². The zero-order valence-corrected chi connectivity index (χ0v) is 19.8. The Kier molecular flexibility index (Phi) is 9.15. The van der Waals surface area contributed by atoms with Crippen LogP contribution < -0.4 is 21.7 Å². The number of benzene rings is 3. The van der Waals surface area contributed by atoms with Crippen molar-refractivity contribution in [3.63, 3.8) is 0 Å². The lowest BCUT2D eigenvalue weighted by atomic mass is 9.85. The normalized spacial score (nSPS) is 11.9.